The molecule has 0 aliphatic carbocycles. The van der Waals surface area contributed by atoms with Crippen LogP contribution in [0.4, 0.5) is 0 Å². The van der Waals surface area contributed by atoms with Crippen LogP contribution in [0.25, 0.3) is 10.8 Å². The van der Waals surface area contributed by atoms with Crippen molar-refractivity contribution in [1.82, 2.24) is 0 Å². The second-order valence-electron chi connectivity index (χ2n) is 5.12. The molecule has 4 heteroatoms. The lowest BCUT2D eigenvalue weighted by atomic mass is 10.0. The normalized spacial score (nSPS) is 10.4. The molecular formula is C19H14O4. The van der Waals surface area contributed by atoms with Crippen LogP contribution < -0.4 is 4.74 Å². The van der Waals surface area contributed by atoms with E-state index in [-0.39, 0.29) is 17.7 Å². The molecule has 0 spiro atoms. The number of hydrogen-bond donors (Lipinski definition) is 1. The highest BCUT2D eigenvalue weighted by Crippen LogP contribution is 2.20. The van der Waals surface area contributed by atoms with Gasteiger partial charge >= 0.3 is 11.9 Å². The third-order valence-electron chi connectivity index (χ3n) is 3.53. The molecule has 0 unspecified atom stereocenters. The van der Waals surface area contributed by atoms with E-state index in [0.717, 1.165) is 16.3 Å². The molecular weight excluding hydrogens is 292 g/mol. The van der Waals surface area contributed by atoms with Gasteiger partial charge in [0.2, 0.25) is 0 Å². The minimum atomic E-state index is -1.06. The smallest absolute Gasteiger partial charge is 0.335 e. The van der Waals surface area contributed by atoms with E-state index < -0.39 is 11.9 Å². The molecule has 0 fully saturated rings. The van der Waals surface area contributed by atoms with Crippen LogP contribution in [-0.2, 0) is 11.2 Å². The minimum absolute atomic E-state index is 0.0838. The van der Waals surface area contributed by atoms with Gasteiger partial charge in [-0.15, -0.1) is 0 Å². The number of carbonyl (C=O) groups excluding carboxylic acids is 1. The van der Waals surface area contributed by atoms with Crippen molar-refractivity contribution in [3.05, 3.63) is 77.9 Å². The summed E-state index contributed by atoms with van der Waals surface area (Å²) in [6.07, 6.45) is 0.124. The maximum Gasteiger partial charge on any atom is 0.335 e. The van der Waals surface area contributed by atoms with E-state index in [9.17, 15) is 9.59 Å². The molecule has 0 aromatic heterocycles. The number of rotatable bonds is 4. The fourth-order valence-electron chi connectivity index (χ4n) is 2.46. The first-order valence-electron chi connectivity index (χ1n) is 7.14. The van der Waals surface area contributed by atoms with Gasteiger partial charge in [0.05, 0.1) is 12.0 Å². The average molecular weight is 306 g/mol. The monoisotopic (exact) mass is 306 g/mol. The number of benzene rings is 3. The summed E-state index contributed by atoms with van der Waals surface area (Å²) in [6.45, 7) is 0. The molecule has 3 aromatic carbocycles. The molecule has 3 aromatic rings. The Kier molecular flexibility index (Phi) is 4.06. The Morgan fingerprint density at radius 2 is 1.65 bits per heavy atom. The highest BCUT2D eigenvalue weighted by Gasteiger charge is 2.11. The number of aromatic carboxylic acids is 1. The fraction of sp³-hybridized carbons (Fsp3) is 0.0526. The van der Waals surface area contributed by atoms with Crippen molar-refractivity contribution in [2.75, 3.05) is 0 Å². The van der Waals surface area contributed by atoms with Crippen molar-refractivity contribution in [3.8, 4) is 5.75 Å². The lowest BCUT2D eigenvalue weighted by molar-refractivity contribution is -0.133. The van der Waals surface area contributed by atoms with Crippen LogP contribution in [0, 0.1) is 0 Å². The van der Waals surface area contributed by atoms with Gasteiger partial charge in [-0.2, -0.15) is 0 Å². The first-order chi connectivity index (χ1) is 11.1. The lowest BCUT2D eigenvalue weighted by Crippen LogP contribution is -2.12. The van der Waals surface area contributed by atoms with E-state index in [1.165, 1.54) is 12.1 Å². The van der Waals surface area contributed by atoms with Gasteiger partial charge in [0.15, 0.2) is 0 Å². The second-order valence-corrected chi connectivity index (χ2v) is 5.12. The van der Waals surface area contributed by atoms with Crippen molar-refractivity contribution < 1.29 is 19.4 Å². The Bertz CT molecular complexity index is 878. The average Bonchev–Trinajstić information content (AvgIpc) is 2.55. The number of carboxylic acid groups (broad SMARTS) is 1. The first-order valence-corrected chi connectivity index (χ1v) is 7.14. The molecule has 0 bridgehead atoms. The number of fused-ring (bicyclic) bond motifs is 1. The molecule has 4 nitrogen and oxygen atoms in total. The van der Waals surface area contributed by atoms with Crippen LogP contribution in [0.15, 0.2) is 66.7 Å². The van der Waals surface area contributed by atoms with Gasteiger partial charge in [-0.25, -0.2) is 4.79 Å². The lowest BCUT2D eigenvalue weighted by Gasteiger charge is -2.07. The van der Waals surface area contributed by atoms with Crippen LogP contribution in [0.5, 0.6) is 5.75 Å². The molecule has 0 aliphatic rings. The molecule has 0 atom stereocenters. The summed E-state index contributed by atoms with van der Waals surface area (Å²) in [6, 6.07) is 19.5. The van der Waals surface area contributed by atoms with Gasteiger partial charge < -0.3 is 9.84 Å². The van der Waals surface area contributed by atoms with E-state index in [2.05, 4.69) is 0 Å². The summed E-state index contributed by atoms with van der Waals surface area (Å²) in [7, 11) is 0. The van der Waals surface area contributed by atoms with Crippen LogP contribution in [0.1, 0.15) is 15.9 Å². The molecule has 114 valence electrons. The molecule has 0 saturated carbocycles. The summed E-state index contributed by atoms with van der Waals surface area (Å²) in [5, 5.41) is 11.0. The van der Waals surface area contributed by atoms with Gasteiger partial charge in [0.25, 0.3) is 0 Å². The Labute approximate surface area is 132 Å². The van der Waals surface area contributed by atoms with Crippen molar-refractivity contribution in [1.29, 1.82) is 0 Å². The zero-order valence-electron chi connectivity index (χ0n) is 12.2. The second kappa shape index (κ2) is 6.32. The van der Waals surface area contributed by atoms with Crippen molar-refractivity contribution in [2.24, 2.45) is 0 Å². The molecule has 0 aliphatic heterocycles. The quantitative estimate of drug-likeness (QED) is 0.590. The highest BCUT2D eigenvalue weighted by molar-refractivity contribution is 5.90. The van der Waals surface area contributed by atoms with Crippen LogP contribution in [-0.4, -0.2) is 17.0 Å². The summed E-state index contributed by atoms with van der Waals surface area (Å²) in [5.41, 5.74) is 0.961. The molecule has 23 heavy (non-hydrogen) atoms. The van der Waals surface area contributed by atoms with E-state index in [4.69, 9.17) is 9.84 Å². The Balaban J connectivity index is 1.79. The first kappa shape index (κ1) is 14.8. The molecule has 0 radical (unpaired) electrons. The van der Waals surface area contributed by atoms with Crippen molar-refractivity contribution in [2.45, 2.75) is 6.42 Å². The van der Waals surface area contributed by atoms with E-state index >= 15 is 0 Å². The van der Waals surface area contributed by atoms with Crippen LogP contribution >= 0.6 is 0 Å². The predicted octanol–water partition coefficient (Wildman–Crippen LogP) is 3.69. The zero-order valence-corrected chi connectivity index (χ0v) is 12.2. The molecule has 3 rings (SSSR count). The van der Waals surface area contributed by atoms with Gasteiger partial charge in [0.1, 0.15) is 5.75 Å². The summed E-state index contributed by atoms with van der Waals surface area (Å²) in [5.74, 6) is -1.25. The van der Waals surface area contributed by atoms with Gasteiger partial charge in [-0.1, -0.05) is 48.5 Å². The van der Waals surface area contributed by atoms with Crippen molar-refractivity contribution >= 4 is 22.7 Å². The SMILES string of the molecule is O=C(Cc1cccc2ccccc12)Oc1cccc(C(=O)O)c1. The van der Waals surface area contributed by atoms with Crippen LogP contribution in [0.3, 0.4) is 0 Å². The largest absolute Gasteiger partial charge is 0.478 e. The van der Waals surface area contributed by atoms with Gasteiger partial charge in [-0.05, 0) is 34.5 Å². The van der Waals surface area contributed by atoms with E-state index in [1.807, 2.05) is 42.5 Å². The van der Waals surface area contributed by atoms with Crippen molar-refractivity contribution in [3.63, 3.8) is 0 Å². The number of ether oxygens (including phenoxy) is 1. The standard InChI is InChI=1S/C19H14O4/c20-18(23-16-9-4-8-15(11-16)19(21)22)12-14-7-3-6-13-5-1-2-10-17(13)14/h1-11H,12H2,(H,21,22). The Morgan fingerprint density at radius 3 is 2.48 bits per heavy atom. The Morgan fingerprint density at radius 1 is 0.913 bits per heavy atom. The van der Waals surface area contributed by atoms with Gasteiger partial charge in [-0.3, -0.25) is 4.79 Å². The topological polar surface area (TPSA) is 63.6 Å². The number of carbonyl (C=O) groups is 2. The maximum absolute atomic E-state index is 12.1. The minimum Gasteiger partial charge on any atom is -0.478 e. The molecule has 1 N–H and O–H groups in total. The number of esters is 1. The van der Waals surface area contributed by atoms with Gasteiger partial charge in [0, 0.05) is 0 Å². The highest BCUT2D eigenvalue weighted by atomic mass is 16.5. The van der Waals surface area contributed by atoms with E-state index in [0.29, 0.717) is 0 Å². The van der Waals surface area contributed by atoms with E-state index in [1.54, 1.807) is 12.1 Å². The van der Waals surface area contributed by atoms with Crippen LogP contribution in [0.2, 0.25) is 0 Å². The number of hydrogen-bond acceptors (Lipinski definition) is 3. The summed E-state index contributed by atoms with van der Waals surface area (Å²) in [4.78, 5) is 23.1. The third kappa shape index (κ3) is 3.37. The summed E-state index contributed by atoms with van der Waals surface area (Å²) >= 11 is 0. The summed E-state index contributed by atoms with van der Waals surface area (Å²) < 4.78 is 5.26. The predicted molar refractivity (Wildman–Crippen MR) is 86.7 cm³/mol. The molecule has 0 amide bonds. The third-order valence-corrected chi connectivity index (χ3v) is 3.53. The fourth-order valence-corrected chi connectivity index (χ4v) is 2.46. The molecule has 0 saturated heterocycles. The maximum atomic E-state index is 12.1. The number of carboxylic acids is 1. The Hall–Kier alpha value is -3.14. The zero-order chi connectivity index (χ0) is 16.2. The molecule has 0 heterocycles.